The predicted molar refractivity (Wildman–Crippen MR) is 159 cm³/mol. The molecule has 0 heterocycles. The van der Waals surface area contributed by atoms with Gasteiger partial charge in [-0.3, -0.25) is 19.2 Å². The molecule has 1 fully saturated rings. The summed E-state index contributed by atoms with van der Waals surface area (Å²) in [5.74, 6) is -5.01. The van der Waals surface area contributed by atoms with Crippen LogP contribution in [0.15, 0.2) is 66.7 Å². The van der Waals surface area contributed by atoms with Crippen LogP contribution in [0.2, 0.25) is 0 Å². The molecule has 0 bridgehead atoms. The van der Waals surface area contributed by atoms with Gasteiger partial charge in [-0.1, -0.05) is 36.4 Å². The normalized spacial score (nSPS) is 14.1. The minimum Gasteiger partial charge on any atom is -0.353 e. The maximum absolute atomic E-state index is 14.4. The topological polar surface area (TPSA) is 116 Å². The van der Waals surface area contributed by atoms with Crippen LogP contribution >= 0.6 is 0 Å². The molecule has 1 aliphatic rings. The summed E-state index contributed by atoms with van der Waals surface area (Å²) in [6.07, 6.45) is -5.86. The Kier molecular flexibility index (Phi) is 11.3. The molecule has 250 valence electrons. The predicted octanol–water partition coefficient (Wildman–Crippen LogP) is 4.73. The molecule has 4 amide bonds. The van der Waals surface area contributed by atoms with Crippen LogP contribution in [0.4, 0.5) is 26.3 Å². The first-order valence-electron chi connectivity index (χ1n) is 14.8. The van der Waals surface area contributed by atoms with Gasteiger partial charge in [-0.15, -0.1) is 0 Å². The zero-order valence-corrected chi connectivity index (χ0v) is 25.0. The van der Waals surface area contributed by atoms with E-state index in [0.29, 0.717) is 5.56 Å². The van der Waals surface area contributed by atoms with E-state index in [4.69, 9.17) is 0 Å². The van der Waals surface area contributed by atoms with Crippen LogP contribution < -0.4 is 21.3 Å². The molecule has 3 aromatic rings. The number of amides is 4. The zero-order valence-electron chi connectivity index (χ0n) is 25.0. The number of aryl methyl sites for hydroxylation is 1. The van der Waals surface area contributed by atoms with Gasteiger partial charge >= 0.3 is 6.18 Å². The van der Waals surface area contributed by atoms with Crippen LogP contribution in [0.25, 0.3) is 11.1 Å². The lowest BCUT2D eigenvalue weighted by Gasteiger charge is -2.22. The number of rotatable bonds is 14. The lowest BCUT2D eigenvalue weighted by atomic mass is 10.0. The molecule has 47 heavy (non-hydrogen) atoms. The minimum atomic E-state index is -4.62. The molecular weight excluding hydrogens is 630 g/mol. The Bertz CT molecular complexity index is 1610. The van der Waals surface area contributed by atoms with Crippen LogP contribution in [-0.2, 0) is 20.8 Å². The molecule has 8 nitrogen and oxygen atoms in total. The molecule has 0 aromatic heterocycles. The first-order chi connectivity index (χ1) is 22.3. The van der Waals surface area contributed by atoms with Gasteiger partial charge in [0.25, 0.3) is 5.91 Å². The molecule has 14 heteroatoms. The number of nitrogens with one attached hydrogen (secondary N) is 4. The van der Waals surface area contributed by atoms with E-state index in [9.17, 15) is 45.5 Å². The van der Waals surface area contributed by atoms with Gasteiger partial charge in [0.2, 0.25) is 17.7 Å². The highest BCUT2D eigenvalue weighted by molar-refractivity contribution is 5.96. The number of carbonyl (C=O) groups excluding carboxylic acids is 4. The summed E-state index contributed by atoms with van der Waals surface area (Å²) < 4.78 is 81.6. The first kappa shape index (κ1) is 35.0. The molecule has 0 spiro atoms. The van der Waals surface area contributed by atoms with Crippen molar-refractivity contribution >= 4 is 23.6 Å². The minimum absolute atomic E-state index is 0.105. The molecule has 0 saturated heterocycles. The lowest BCUT2D eigenvalue weighted by molar-refractivity contribution is -0.170. The fraction of sp³-hybridized carbons (Fsp3) is 0.333. The summed E-state index contributed by atoms with van der Waals surface area (Å²) in [5.41, 5.74) is -1.56. The smallest absolute Gasteiger partial charge is 0.353 e. The Morgan fingerprint density at radius 2 is 1.47 bits per heavy atom. The summed E-state index contributed by atoms with van der Waals surface area (Å²) in [5, 5.41) is 9.36. The van der Waals surface area contributed by atoms with E-state index >= 15 is 0 Å². The molecule has 4 rings (SSSR count). The summed E-state index contributed by atoms with van der Waals surface area (Å²) in [4.78, 5) is 50.6. The first-order valence-corrected chi connectivity index (χ1v) is 14.8. The Hall–Kier alpha value is -4.88. The summed E-state index contributed by atoms with van der Waals surface area (Å²) in [6, 6.07) is 13.4. The monoisotopic (exact) mass is 662 g/mol. The summed E-state index contributed by atoms with van der Waals surface area (Å²) in [6.45, 7) is -0.377. The third-order valence-electron chi connectivity index (χ3n) is 7.64. The molecule has 1 aliphatic carbocycles. The number of benzene rings is 3. The second kappa shape index (κ2) is 15.1. The third kappa shape index (κ3) is 9.56. The van der Waals surface area contributed by atoms with Gasteiger partial charge in [-0.05, 0) is 67.1 Å². The average Bonchev–Trinajstić information content (AvgIpc) is 3.82. The quantitative estimate of drug-likeness (QED) is 0.148. The molecule has 0 unspecified atom stereocenters. The molecule has 4 N–H and O–H groups in total. The molecule has 3 aromatic carbocycles. The number of halogens is 6. The van der Waals surface area contributed by atoms with E-state index in [0.717, 1.165) is 6.07 Å². The van der Waals surface area contributed by atoms with Crippen molar-refractivity contribution in [3.63, 3.8) is 0 Å². The Morgan fingerprint density at radius 1 is 0.787 bits per heavy atom. The Labute approximate surface area is 266 Å². The Balaban J connectivity index is 1.32. The van der Waals surface area contributed by atoms with Crippen molar-refractivity contribution in [1.29, 1.82) is 0 Å². The second-order valence-electron chi connectivity index (χ2n) is 11.1. The fourth-order valence-electron chi connectivity index (χ4n) is 4.80. The number of carbonyl (C=O) groups is 4. The fourth-order valence-corrected chi connectivity index (χ4v) is 4.80. The highest BCUT2D eigenvalue weighted by Gasteiger charge is 2.64. The number of alkyl halides is 3. The van der Waals surface area contributed by atoms with Crippen molar-refractivity contribution in [2.24, 2.45) is 0 Å². The van der Waals surface area contributed by atoms with Gasteiger partial charge in [-0.2, -0.15) is 13.2 Å². The van der Waals surface area contributed by atoms with Crippen molar-refractivity contribution in [1.82, 2.24) is 21.3 Å². The summed E-state index contributed by atoms with van der Waals surface area (Å²) >= 11 is 0. The van der Waals surface area contributed by atoms with Gasteiger partial charge < -0.3 is 21.3 Å². The maximum Gasteiger partial charge on any atom is 0.411 e. The number of hydrogen-bond acceptors (Lipinski definition) is 4. The molecule has 0 aliphatic heterocycles. The van der Waals surface area contributed by atoms with Crippen LogP contribution in [0.3, 0.4) is 0 Å². The van der Waals surface area contributed by atoms with Crippen molar-refractivity contribution in [3.8, 4) is 11.1 Å². The van der Waals surface area contributed by atoms with Gasteiger partial charge in [0.15, 0.2) is 0 Å². The number of hydrogen-bond donors (Lipinski definition) is 4. The van der Waals surface area contributed by atoms with E-state index in [-0.39, 0.29) is 61.9 Å². The molecule has 1 saturated carbocycles. The SMILES string of the molecule is O=C(CCc1ccc(F)cc1)N[C@@H](CCC(=O)NC1(C(F)(F)F)CC1)C(=O)NCCNC(=O)c1cc(-c2ccccc2F)ccc1F. The van der Waals surface area contributed by atoms with Crippen LogP contribution in [0.5, 0.6) is 0 Å². The van der Waals surface area contributed by atoms with Gasteiger partial charge in [0.05, 0.1) is 5.56 Å². The van der Waals surface area contributed by atoms with E-state index in [1.165, 1.54) is 54.6 Å². The molecular formula is C33H32F6N4O4. The van der Waals surface area contributed by atoms with Crippen LogP contribution in [0.1, 0.15) is 48.0 Å². The summed E-state index contributed by atoms with van der Waals surface area (Å²) in [7, 11) is 0. The maximum atomic E-state index is 14.4. The van der Waals surface area contributed by atoms with E-state index in [1.54, 1.807) is 6.07 Å². The van der Waals surface area contributed by atoms with Crippen molar-refractivity contribution in [2.75, 3.05) is 13.1 Å². The largest absolute Gasteiger partial charge is 0.411 e. The lowest BCUT2D eigenvalue weighted by Crippen LogP contribution is -2.50. The average molecular weight is 663 g/mol. The van der Waals surface area contributed by atoms with Crippen LogP contribution in [0, 0.1) is 17.5 Å². The highest BCUT2D eigenvalue weighted by Crippen LogP contribution is 2.48. The van der Waals surface area contributed by atoms with Crippen molar-refractivity contribution in [3.05, 3.63) is 95.3 Å². The van der Waals surface area contributed by atoms with Crippen LogP contribution in [-0.4, -0.2) is 54.5 Å². The van der Waals surface area contributed by atoms with E-state index < -0.39 is 65.3 Å². The Morgan fingerprint density at radius 3 is 2.13 bits per heavy atom. The van der Waals surface area contributed by atoms with E-state index in [2.05, 4.69) is 16.0 Å². The standard InChI is InChI=1S/C33H32F6N4O4/c34-22-9-5-20(6-10-22)7-13-28(44)42-27(12-14-29(45)43-32(15-16-32)33(37,38)39)31(47)41-18-17-40-30(46)24-19-21(8-11-26(24)36)23-3-1-2-4-25(23)35/h1-6,8-11,19,27H,7,12-18H2,(H,40,46)(H,41,47)(H,42,44)(H,43,45)/t27-/m0/s1. The van der Waals surface area contributed by atoms with Crippen molar-refractivity contribution in [2.45, 2.75) is 56.3 Å². The molecule has 0 radical (unpaired) electrons. The van der Waals surface area contributed by atoms with Gasteiger partial charge in [-0.25, -0.2) is 13.2 Å². The zero-order chi connectivity index (χ0) is 34.2. The third-order valence-corrected chi connectivity index (χ3v) is 7.64. The van der Waals surface area contributed by atoms with Crippen molar-refractivity contribution < 1.29 is 45.5 Å². The second-order valence-corrected chi connectivity index (χ2v) is 11.1. The van der Waals surface area contributed by atoms with Gasteiger partial charge in [0, 0.05) is 31.5 Å². The molecule has 1 atom stereocenters. The van der Waals surface area contributed by atoms with E-state index in [1.807, 2.05) is 5.32 Å². The highest BCUT2D eigenvalue weighted by atomic mass is 19.4. The van der Waals surface area contributed by atoms with Gasteiger partial charge in [0.1, 0.15) is 29.0 Å².